The Bertz CT molecular complexity index is 410. The second-order valence-electron chi connectivity index (χ2n) is 7.16. The SMILES string of the molecule is CC(=O)OCCOCCOCCOCCOCCOCCOCCOCCOCCOC(C)C. The molecule has 0 aromatic heterocycles. The van der Waals surface area contributed by atoms with Crippen LogP contribution in [-0.4, -0.2) is 131 Å². The molecule has 0 aliphatic carbocycles. The lowest BCUT2D eigenvalue weighted by atomic mass is 10.5. The van der Waals surface area contributed by atoms with Gasteiger partial charge in [0, 0.05) is 6.92 Å². The predicted octanol–water partition coefficient (Wildman–Crippen LogP) is 1.11. The van der Waals surface area contributed by atoms with Crippen molar-refractivity contribution in [1.29, 1.82) is 0 Å². The molecule has 0 fully saturated rings. The van der Waals surface area contributed by atoms with Gasteiger partial charge in [0.25, 0.3) is 0 Å². The van der Waals surface area contributed by atoms with Crippen LogP contribution >= 0.6 is 0 Å². The molecule has 0 unspecified atom stereocenters. The van der Waals surface area contributed by atoms with Crippen molar-refractivity contribution in [3.63, 3.8) is 0 Å². The van der Waals surface area contributed by atoms with Crippen molar-refractivity contribution >= 4 is 5.97 Å². The summed E-state index contributed by atoms with van der Waals surface area (Å²) in [6.07, 6.45) is 0.232. The van der Waals surface area contributed by atoms with Gasteiger partial charge in [-0.1, -0.05) is 0 Å². The van der Waals surface area contributed by atoms with Crippen molar-refractivity contribution in [1.82, 2.24) is 0 Å². The van der Waals surface area contributed by atoms with Crippen molar-refractivity contribution in [3.05, 3.63) is 0 Å². The zero-order valence-corrected chi connectivity index (χ0v) is 21.3. The molecule has 0 amide bonds. The van der Waals surface area contributed by atoms with Crippen LogP contribution < -0.4 is 0 Å². The molecule has 0 N–H and O–H groups in total. The minimum atomic E-state index is -0.308. The number of rotatable bonds is 28. The maximum atomic E-state index is 10.6. The topological polar surface area (TPSA) is 109 Å². The molecule has 0 saturated carbocycles. The Morgan fingerprint density at radius 2 is 0.676 bits per heavy atom. The predicted molar refractivity (Wildman–Crippen MR) is 124 cm³/mol. The third-order valence-electron chi connectivity index (χ3n) is 3.82. The zero-order valence-electron chi connectivity index (χ0n) is 21.3. The quantitative estimate of drug-likeness (QED) is 0.114. The van der Waals surface area contributed by atoms with Gasteiger partial charge in [-0.05, 0) is 13.8 Å². The summed E-state index contributed by atoms with van der Waals surface area (Å²) in [7, 11) is 0. The Labute approximate surface area is 204 Å². The van der Waals surface area contributed by atoms with Gasteiger partial charge >= 0.3 is 5.97 Å². The van der Waals surface area contributed by atoms with Crippen molar-refractivity contribution in [2.24, 2.45) is 0 Å². The minimum absolute atomic E-state index is 0.232. The first-order valence-corrected chi connectivity index (χ1v) is 12.0. The van der Waals surface area contributed by atoms with E-state index in [0.717, 1.165) is 0 Å². The molecule has 34 heavy (non-hydrogen) atoms. The second kappa shape index (κ2) is 28.3. The molecule has 11 heteroatoms. The number of hydrogen-bond acceptors (Lipinski definition) is 11. The highest BCUT2D eigenvalue weighted by molar-refractivity contribution is 5.65. The Balaban J connectivity index is 3.02. The van der Waals surface area contributed by atoms with Crippen LogP contribution in [0.2, 0.25) is 0 Å². The van der Waals surface area contributed by atoms with E-state index < -0.39 is 0 Å². The summed E-state index contributed by atoms with van der Waals surface area (Å²) in [4.78, 5) is 10.6. The molecule has 0 aliphatic rings. The van der Waals surface area contributed by atoms with E-state index in [1.54, 1.807) is 0 Å². The smallest absolute Gasteiger partial charge is 0.302 e. The first kappa shape index (κ1) is 33.1. The summed E-state index contributed by atoms with van der Waals surface area (Å²) in [6.45, 7) is 14.3. The fourth-order valence-corrected chi connectivity index (χ4v) is 2.23. The molecular formula is C23H46O11. The number of esters is 1. The summed E-state index contributed by atoms with van der Waals surface area (Å²) < 4.78 is 53.2. The monoisotopic (exact) mass is 498 g/mol. The average Bonchev–Trinajstić information content (AvgIpc) is 2.80. The third kappa shape index (κ3) is 31.1. The van der Waals surface area contributed by atoms with E-state index in [1.807, 2.05) is 13.8 Å². The normalized spacial score (nSPS) is 11.4. The fraction of sp³-hybridized carbons (Fsp3) is 0.957. The molecule has 0 bridgehead atoms. The van der Waals surface area contributed by atoms with E-state index in [9.17, 15) is 4.79 Å². The Morgan fingerprint density at radius 3 is 0.912 bits per heavy atom. The molecule has 0 saturated heterocycles. The summed E-state index contributed by atoms with van der Waals surface area (Å²) in [5, 5.41) is 0. The van der Waals surface area contributed by atoms with E-state index >= 15 is 0 Å². The van der Waals surface area contributed by atoms with Crippen molar-refractivity contribution in [3.8, 4) is 0 Å². The molecule has 0 spiro atoms. The first-order chi connectivity index (χ1) is 16.6. The second-order valence-corrected chi connectivity index (χ2v) is 7.16. The van der Waals surface area contributed by atoms with Crippen LogP contribution in [0, 0.1) is 0 Å². The van der Waals surface area contributed by atoms with Crippen molar-refractivity contribution in [2.75, 3.05) is 119 Å². The van der Waals surface area contributed by atoms with Gasteiger partial charge in [-0.25, -0.2) is 0 Å². The largest absolute Gasteiger partial charge is 0.463 e. The van der Waals surface area contributed by atoms with Gasteiger partial charge in [-0.3, -0.25) is 4.79 Å². The van der Waals surface area contributed by atoms with Crippen LogP contribution in [0.15, 0.2) is 0 Å². The number of carbonyl (C=O) groups is 1. The average molecular weight is 499 g/mol. The van der Waals surface area contributed by atoms with Gasteiger partial charge in [0.15, 0.2) is 0 Å². The Morgan fingerprint density at radius 1 is 0.441 bits per heavy atom. The standard InChI is InChI=1S/C23H46O11/c1-22(2)33-20-18-31-16-14-29-12-10-27-8-6-25-4-5-26-7-9-28-11-13-30-15-17-32-19-21-34-23(3)24/h22H,4-21H2,1-3H3. The molecular weight excluding hydrogens is 452 g/mol. The zero-order chi connectivity index (χ0) is 25.0. The highest BCUT2D eigenvalue weighted by Crippen LogP contribution is 1.88. The summed E-state index contributed by atoms with van der Waals surface area (Å²) in [5.74, 6) is -0.308. The van der Waals surface area contributed by atoms with Gasteiger partial charge in [0.05, 0.1) is 118 Å². The minimum Gasteiger partial charge on any atom is -0.463 e. The lowest BCUT2D eigenvalue weighted by Crippen LogP contribution is -2.15. The van der Waals surface area contributed by atoms with Crippen LogP contribution in [0.25, 0.3) is 0 Å². The number of hydrogen-bond donors (Lipinski definition) is 0. The summed E-state index contributed by atoms with van der Waals surface area (Å²) in [6, 6.07) is 0. The summed E-state index contributed by atoms with van der Waals surface area (Å²) >= 11 is 0. The van der Waals surface area contributed by atoms with Crippen molar-refractivity contribution < 1.29 is 52.2 Å². The Hall–Kier alpha value is -0.890. The van der Waals surface area contributed by atoms with E-state index in [4.69, 9.17) is 47.4 Å². The lowest BCUT2D eigenvalue weighted by molar-refractivity contribution is -0.142. The van der Waals surface area contributed by atoms with Crippen LogP contribution in [0.4, 0.5) is 0 Å². The molecule has 0 aromatic carbocycles. The Kier molecular flexibility index (Phi) is 27.6. The van der Waals surface area contributed by atoms with Crippen molar-refractivity contribution in [2.45, 2.75) is 26.9 Å². The highest BCUT2D eigenvalue weighted by Gasteiger charge is 1.96. The van der Waals surface area contributed by atoms with E-state index in [1.165, 1.54) is 6.92 Å². The molecule has 0 heterocycles. The van der Waals surface area contributed by atoms with E-state index in [0.29, 0.717) is 112 Å². The van der Waals surface area contributed by atoms with Gasteiger partial charge in [0.2, 0.25) is 0 Å². The third-order valence-corrected chi connectivity index (χ3v) is 3.82. The molecule has 0 aromatic rings. The van der Waals surface area contributed by atoms with Crippen LogP contribution in [0.5, 0.6) is 0 Å². The molecule has 204 valence electrons. The van der Waals surface area contributed by atoms with Gasteiger partial charge < -0.3 is 47.4 Å². The van der Waals surface area contributed by atoms with Crippen LogP contribution in [0.3, 0.4) is 0 Å². The number of ether oxygens (including phenoxy) is 10. The van der Waals surface area contributed by atoms with E-state index in [-0.39, 0.29) is 18.7 Å². The maximum absolute atomic E-state index is 10.6. The van der Waals surface area contributed by atoms with Crippen LogP contribution in [-0.2, 0) is 52.2 Å². The number of carbonyl (C=O) groups excluding carboxylic acids is 1. The lowest BCUT2D eigenvalue weighted by Gasteiger charge is -2.09. The highest BCUT2D eigenvalue weighted by atomic mass is 16.6. The molecule has 0 aliphatic heterocycles. The van der Waals surface area contributed by atoms with Gasteiger partial charge in [-0.15, -0.1) is 0 Å². The molecule has 0 radical (unpaired) electrons. The van der Waals surface area contributed by atoms with Gasteiger partial charge in [-0.2, -0.15) is 0 Å². The fourth-order valence-electron chi connectivity index (χ4n) is 2.23. The molecule has 11 nitrogen and oxygen atoms in total. The van der Waals surface area contributed by atoms with Crippen LogP contribution in [0.1, 0.15) is 20.8 Å². The molecule has 0 atom stereocenters. The maximum Gasteiger partial charge on any atom is 0.302 e. The first-order valence-electron chi connectivity index (χ1n) is 12.0. The van der Waals surface area contributed by atoms with Gasteiger partial charge in [0.1, 0.15) is 6.61 Å². The molecule has 0 rings (SSSR count). The van der Waals surface area contributed by atoms with E-state index in [2.05, 4.69) is 0 Å². The summed E-state index contributed by atoms with van der Waals surface area (Å²) in [5.41, 5.74) is 0.